The van der Waals surface area contributed by atoms with E-state index >= 15 is 0 Å². The lowest BCUT2D eigenvalue weighted by atomic mass is 10.0. The molecular weight excluding hydrogens is 252 g/mol. The third-order valence-corrected chi connectivity index (χ3v) is 3.54. The van der Waals surface area contributed by atoms with Crippen molar-refractivity contribution in [2.75, 3.05) is 6.54 Å². The van der Waals surface area contributed by atoms with Crippen molar-refractivity contribution in [2.24, 2.45) is 18.7 Å². The maximum absolute atomic E-state index is 12.1. The summed E-state index contributed by atoms with van der Waals surface area (Å²) in [7, 11) is 1.82. The molecule has 0 saturated heterocycles. The maximum atomic E-state index is 12.1. The lowest BCUT2D eigenvalue weighted by Gasteiger charge is -2.19. The minimum absolute atomic E-state index is 0. The van der Waals surface area contributed by atoms with Crippen LogP contribution in [-0.4, -0.2) is 28.3 Å². The standard InChI is InChI=1S/C12H20N4O.ClH/c1-8-10(7-16(2)15-8)12(17)14-11-5-3-4-9(11)6-13;/h7,9,11H,3-6,13H2,1-2H3,(H,14,17);1H. The van der Waals surface area contributed by atoms with E-state index in [0.717, 1.165) is 25.0 Å². The monoisotopic (exact) mass is 272 g/mol. The number of amides is 1. The number of nitrogens with zero attached hydrogens (tertiary/aromatic N) is 2. The van der Waals surface area contributed by atoms with Crippen LogP contribution in [0.5, 0.6) is 0 Å². The smallest absolute Gasteiger partial charge is 0.254 e. The molecule has 6 heteroatoms. The molecule has 0 bridgehead atoms. The number of rotatable bonds is 3. The van der Waals surface area contributed by atoms with Crippen LogP contribution in [0.15, 0.2) is 6.20 Å². The molecule has 2 atom stereocenters. The summed E-state index contributed by atoms with van der Waals surface area (Å²) in [6, 6.07) is 0.229. The van der Waals surface area contributed by atoms with Crippen LogP contribution < -0.4 is 11.1 Å². The topological polar surface area (TPSA) is 72.9 Å². The Morgan fingerprint density at radius 1 is 1.61 bits per heavy atom. The predicted octanol–water partition coefficient (Wildman–Crippen LogP) is 1.01. The van der Waals surface area contributed by atoms with Crippen molar-refractivity contribution in [3.63, 3.8) is 0 Å². The molecule has 1 fully saturated rings. The second-order valence-corrected chi connectivity index (χ2v) is 4.81. The van der Waals surface area contributed by atoms with Crippen LogP contribution in [0.1, 0.15) is 35.3 Å². The van der Waals surface area contributed by atoms with Gasteiger partial charge in [0.1, 0.15) is 0 Å². The molecular formula is C12H21ClN4O. The highest BCUT2D eigenvalue weighted by Crippen LogP contribution is 2.24. The number of halogens is 1. The van der Waals surface area contributed by atoms with E-state index in [-0.39, 0.29) is 24.4 Å². The van der Waals surface area contributed by atoms with Gasteiger partial charge < -0.3 is 11.1 Å². The van der Waals surface area contributed by atoms with E-state index in [1.165, 1.54) is 0 Å². The SMILES string of the molecule is Cc1nn(C)cc1C(=O)NC1CCCC1CN.Cl. The van der Waals surface area contributed by atoms with Crippen LogP contribution in [0.4, 0.5) is 0 Å². The molecule has 1 aliphatic rings. The number of aromatic nitrogens is 2. The Morgan fingerprint density at radius 3 is 2.89 bits per heavy atom. The first-order valence-electron chi connectivity index (χ1n) is 6.13. The number of hydrogen-bond acceptors (Lipinski definition) is 3. The quantitative estimate of drug-likeness (QED) is 0.862. The number of carbonyl (C=O) groups is 1. The number of hydrogen-bond donors (Lipinski definition) is 2. The predicted molar refractivity (Wildman–Crippen MR) is 72.8 cm³/mol. The van der Waals surface area contributed by atoms with E-state index in [9.17, 15) is 4.79 Å². The Bertz CT molecular complexity index is 418. The van der Waals surface area contributed by atoms with Crippen LogP contribution in [0.2, 0.25) is 0 Å². The summed E-state index contributed by atoms with van der Waals surface area (Å²) in [5.41, 5.74) is 7.14. The van der Waals surface area contributed by atoms with E-state index in [0.29, 0.717) is 18.0 Å². The highest BCUT2D eigenvalue weighted by molar-refractivity contribution is 5.95. The Labute approximate surface area is 114 Å². The second-order valence-electron chi connectivity index (χ2n) is 4.81. The van der Waals surface area contributed by atoms with Gasteiger partial charge in [0.05, 0.1) is 11.3 Å². The molecule has 1 aromatic rings. The minimum Gasteiger partial charge on any atom is -0.349 e. The molecule has 0 aromatic carbocycles. The lowest BCUT2D eigenvalue weighted by Crippen LogP contribution is -2.39. The Hall–Kier alpha value is -1.07. The summed E-state index contributed by atoms with van der Waals surface area (Å²) < 4.78 is 1.67. The van der Waals surface area contributed by atoms with Crippen molar-refractivity contribution in [3.05, 3.63) is 17.5 Å². The van der Waals surface area contributed by atoms with Crippen LogP contribution in [0.25, 0.3) is 0 Å². The summed E-state index contributed by atoms with van der Waals surface area (Å²) >= 11 is 0. The molecule has 0 aliphatic heterocycles. The van der Waals surface area contributed by atoms with Gasteiger partial charge in [-0.2, -0.15) is 5.10 Å². The van der Waals surface area contributed by atoms with Crippen LogP contribution >= 0.6 is 12.4 Å². The first-order valence-corrected chi connectivity index (χ1v) is 6.13. The van der Waals surface area contributed by atoms with Crippen molar-refractivity contribution in [3.8, 4) is 0 Å². The van der Waals surface area contributed by atoms with Gasteiger partial charge in [-0.25, -0.2) is 0 Å². The number of nitrogens with two attached hydrogens (primary N) is 1. The van der Waals surface area contributed by atoms with Crippen molar-refractivity contribution < 1.29 is 4.79 Å². The van der Waals surface area contributed by atoms with Crippen LogP contribution in [0, 0.1) is 12.8 Å². The highest BCUT2D eigenvalue weighted by Gasteiger charge is 2.28. The Morgan fingerprint density at radius 2 is 2.33 bits per heavy atom. The van der Waals surface area contributed by atoms with Gasteiger partial charge in [-0.3, -0.25) is 9.48 Å². The zero-order valence-electron chi connectivity index (χ0n) is 10.8. The van der Waals surface area contributed by atoms with E-state index in [1.54, 1.807) is 10.9 Å². The summed E-state index contributed by atoms with van der Waals surface area (Å²) in [4.78, 5) is 12.1. The van der Waals surface area contributed by atoms with Gasteiger partial charge >= 0.3 is 0 Å². The molecule has 2 rings (SSSR count). The fourth-order valence-electron chi connectivity index (χ4n) is 2.58. The maximum Gasteiger partial charge on any atom is 0.254 e. The summed E-state index contributed by atoms with van der Waals surface area (Å²) in [6.45, 7) is 2.50. The van der Waals surface area contributed by atoms with Crippen LogP contribution in [-0.2, 0) is 7.05 Å². The van der Waals surface area contributed by atoms with E-state index in [1.807, 2.05) is 14.0 Å². The molecule has 0 spiro atoms. The van der Waals surface area contributed by atoms with Crippen molar-refractivity contribution in [1.29, 1.82) is 0 Å². The first-order chi connectivity index (χ1) is 8.11. The first kappa shape index (κ1) is 15.0. The van der Waals surface area contributed by atoms with E-state index < -0.39 is 0 Å². The third kappa shape index (κ3) is 3.03. The average Bonchev–Trinajstić information content (AvgIpc) is 2.84. The largest absolute Gasteiger partial charge is 0.349 e. The Balaban J connectivity index is 0.00000162. The highest BCUT2D eigenvalue weighted by atomic mass is 35.5. The zero-order chi connectivity index (χ0) is 12.4. The fraction of sp³-hybridized carbons (Fsp3) is 0.667. The Kier molecular flexibility index (Phi) is 5.16. The van der Waals surface area contributed by atoms with Crippen LogP contribution in [0.3, 0.4) is 0 Å². The van der Waals surface area contributed by atoms with Crippen molar-refractivity contribution >= 4 is 18.3 Å². The molecule has 18 heavy (non-hydrogen) atoms. The molecule has 2 unspecified atom stereocenters. The molecule has 1 heterocycles. The van der Waals surface area contributed by atoms with Gasteiger partial charge in [0.2, 0.25) is 0 Å². The van der Waals surface area contributed by atoms with E-state index in [2.05, 4.69) is 10.4 Å². The average molecular weight is 273 g/mol. The summed E-state index contributed by atoms with van der Waals surface area (Å²) in [6.07, 6.45) is 5.07. The van der Waals surface area contributed by atoms with Crippen molar-refractivity contribution in [1.82, 2.24) is 15.1 Å². The second kappa shape index (κ2) is 6.20. The van der Waals surface area contributed by atoms with Gasteiger partial charge in [0.15, 0.2) is 0 Å². The van der Waals surface area contributed by atoms with Gasteiger partial charge in [0.25, 0.3) is 5.91 Å². The number of aryl methyl sites for hydroxylation is 2. The lowest BCUT2D eigenvalue weighted by molar-refractivity contribution is 0.0928. The molecule has 1 saturated carbocycles. The zero-order valence-corrected chi connectivity index (χ0v) is 11.7. The third-order valence-electron chi connectivity index (χ3n) is 3.54. The molecule has 0 radical (unpaired) electrons. The molecule has 102 valence electrons. The molecule has 1 aromatic heterocycles. The molecule has 1 aliphatic carbocycles. The number of nitrogens with one attached hydrogen (secondary N) is 1. The normalized spacial score (nSPS) is 22.6. The number of carbonyl (C=O) groups excluding carboxylic acids is 1. The molecule has 5 nitrogen and oxygen atoms in total. The van der Waals surface area contributed by atoms with E-state index in [4.69, 9.17) is 5.73 Å². The van der Waals surface area contributed by atoms with Gasteiger partial charge in [0, 0.05) is 19.3 Å². The van der Waals surface area contributed by atoms with Gasteiger partial charge in [-0.15, -0.1) is 12.4 Å². The van der Waals surface area contributed by atoms with Crippen molar-refractivity contribution in [2.45, 2.75) is 32.2 Å². The fourth-order valence-corrected chi connectivity index (χ4v) is 2.58. The summed E-state index contributed by atoms with van der Waals surface area (Å²) in [5, 5.41) is 7.26. The minimum atomic E-state index is -0.0269. The summed E-state index contributed by atoms with van der Waals surface area (Å²) in [5.74, 6) is 0.400. The molecule has 3 N–H and O–H groups in total. The molecule has 1 amide bonds. The van der Waals surface area contributed by atoms with Gasteiger partial charge in [-0.05, 0) is 32.2 Å². The van der Waals surface area contributed by atoms with Gasteiger partial charge in [-0.1, -0.05) is 6.42 Å².